The Morgan fingerprint density at radius 2 is 2.09 bits per heavy atom. The van der Waals surface area contributed by atoms with Crippen molar-refractivity contribution in [3.63, 3.8) is 0 Å². The SMILES string of the molecule is C=C/C=C(\C=C)CNC(=C)N. The topological polar surface area (TPSA) is 38.0 Å². The Morgan fingerprint density at radius 3 is 2.45 bits per heavy atom. The van der Waals surface area contributed by atoms with E-state index in [1.807, 2.05) is 6.08 Å². The van der Waals surface area contributed by atoms with Gasteiger partial charge in [-0.05, 0) is 5.57 Å². The van der Waals surface area contributed by atoms with Crippen molar-refractivity contribution in [3.05, 3.63) is 49.4 Å². The fourth-order valence-corrected chi connectivity index (χ4v) is 0.566. The fourth-order valence-electron chi connectivity index (χ4n) is 0.566. The van der Waals surface area contributed by atoms with Crippen molar-refractivity contribution in [1.82, 2.24) is 5.32 Å². The van der Waals surface area contributed by atoms with Gasteiger partial charge in [-0.15, -0.1) is 0 Å². The number of allylic oxidation sites excluding steroid dienone is 2. The van der Waals surface area contributed by atoms with E-state index in [-0.39, 0.29) is 0 Å². The normalized spacial score (nSPS) is 10.4. The Morgan fingerprint density at radius 1 is 1.45 bits per heavy atom. The monoisotopic (exact) mass is 150 g/mol. The van der Waals surface area contributed by atoms with Crippen LogP contribution >= 0.6 is 0 Å². The average molecular weight is 150 g/mol. The molecule has 0 atom stereocenters. The molecule has 0 aliphatic rings. The third-order valence-corrected chi connectivity index (χ3v) is 1.11. The van der Waals surface area contributed by atoms with Crippen LogP contribution in [0.25, 0.3) is 0 Å². The zero-order valence-corrected chi connectivity index (χ0v) is 6.64. The highest BCUT2D eigenvalue weighted by Crippen LogP contribution is 1.93. The lowest BCUT2D eigenvalue weighted by atomic mass is 10.2. The minimum atomic E-state index is 0.460. The molecule has 0 rings (SSSR count). The number of hydrogen-bond donors (Lipinski definition) is 2. The summed E-state index contributed by atoms with van der Waals surface area (Å²) in [5, 5.41) is 2.88. The van der Waals surface area contributed by atoms with Gasteiger partial charge in [0.05, 0.1) is 5.82 Å². The second-order valence-corrected chi connectivity index (χ2v) is 2.06. The van der Waals surface area contributed by atoms with Crippen LogP contribution in [0.5, 0.6) is 0 Å². The zero-order valence-electron chi connectivity index (χ0n) is 6.64. The number of nitrogens with two attached hydrogens (primary N) is 1. The number of nitrogens with one attached hydrogen (secondary N) is 1. The molecule has 0 fully saturated rings. The largest absolute Gasteiger partial charge is 0.386 e. The maximum Gasteiger partial charge on any atom is 0.0888 e. The first-order valence-corrected chi connectivity index (χ1v) is 3.33. The van der Waals surface area contributed by atoms with Crippen LogP contribution in [0.15, 0.2) is 49.4 Å². The predicted octanol–water partition coefficient (Wildman–Crippen LogP) is 1.30. The fraction of sp³-hybridized carbons (Fsp3) is 0.111. The summed E-state index contributed by atoms with van der Waals surface area (Å²) >= 11 is 0. The van der Waals surface area contributed by atoms with Gasteiger partial charge in [-0.3, -0.25) is 0 Å². The van der Waals surface area contributed by atoms with E-state index in [1.165, 1.54) is 0 Å². The third kappa shape index (κ3) is 5.03. The molecule has 0 radical (unpaired) electrons. The second kappa shape index (κ2) is 5.35. The molecule has 2 heteroatoms. The van der Waals surface area contributed by atoms with Crippen molar-refractivity contribution in [3.8, 4) is 0 Å². The summed E-state index contributed by atoms with van der Waals surface area (Å²) in [6.07, 6.45) is 5.32. The molecule has 2 nitrogen and oxygen atoms in total. The Labute approximate surface area is 67.8 Å². The minimum Gasteiger partial charge on any atom is -0.386 e. The molecule has 0 aromatic rings. The van der Waals surface area contributed by atoms with Gasteiger partial charge in [-0.2, -0.15) is 0 Å². The molecule has 0 spiro atoms. The first-order chi connectivity index (χ1) is 5.20. The number of hydrogen-bond acceptors (Lipinski definition) is 2. The molecule has 0 heterocycles. The smallest absolute Gasteiger partial charge is 0.0888 e. The van der Waals surface area contributed by atoms with Gasteiger partial charge in [0.25, 0.3) is 0 Å². The lowest BCUT2D eigenvalue weighted by Gasteiger charge is -2.04. The third-order valence-electron chi connectivity index (χ3n) is 1.11. The molecule has 0 aromatic heterocycles. The van der Waals surface area contributed by atoms with Crippen molar-refractivity contribution in [2.45, 2.75) is 0 Å². The summed E-state index contributed by atoms with van der Waals surface area (Å²) in [5.74, 6) is 0.460. The summed E-state index contributed by atoms with van der Waals surface area (Å²) in [5.41, 5.74) is 6.33. The summed E-state index contributed by atoms with van der Waals surface area (Å²) < 4.78 is 0. The van der Waals surface area contributed by atoms with E-state index >= 15 is 0 Å². The van der Waals surface area contributed by atoms with Crippen molar-refractivity contribution in [1.29, 1.82) is 0 Å². The standard InChI is InChI=1S/C9H14N2/c1-4-6-9(5-2)7-11-8(3)10/h4-6,11H,1-3,7,10H2/b9-6+. The van der Waals surface area contributed by atoms with Crippen molar-refractivity contribution >= 4 is 0 Å². The van der Waals surface area contributed by atoms with Crippen LogP contribution in [0.2, 0.25) is 0 Å². The van der Waals surface area contributed by atoms with Crippen LogP contribution in [0.1, 0.15) is 0 Å². The lowest BCUT2D eigenvalue weighted by molar-refractivity contribution is 0.873. The molecule has 0 saturated heterocycles. The van der Waals surface area contributed by atoms with E-state index in [0.29, 0.717) is 12.4 Å². The molecule has 0 aromatic carbocycles. The van der Waals surface area contributed by atoms with Crippen LogP contribution in [0.3, 0.4) is 0 Å². The molecule has 0 amide bonds. The van der Waals surface area contributed by atoms with Crippen LogP contribution in [-0.2, 0) is 0 Å². The van der Waals surface area contributed by atoms with E-state index in [0.717, 1.165) is 5.57 Å². The summed E-state index contributed by atoms with van der Waals surface area (Å²) in [4.78, 5) is 0. The van der Waals surface area contributed by atoms with Gasteiger partial charge in [0.1, 0.15) is 0 Å². The Hall–Kier alpha value is -1.44. The van der Waals surface area contributed by atoms with E-state index in [2.05, 4.69) is 25.1 Å². The van der Waals surface area contributed by atoms with Gasteiger partial charge >= 0.3 is 0 Å². The molecule has 11 heavy (non-hydrogen) atoms. The second-order valence-electron chi connectivity index (χ2n) is 2.06. The average Bonchev–Trinajstić information content (AvgIpc) is 1.97. The molecule has 3 N–H and O–H groups in total. The molecule has 60 valence electrons. The molecule has 0 saturated carbocycles. The molecular weight excluding hydrogens is 136 g/mol. The van der Waals surface area contributed by atoms with Gasteiger partial charge in [-0.25, -0.2) is 0 Å². The quantitative estimate of drug-likeness (QED) is 0.580. The summed E-state index contributed by atoms with van der Waals surface area (Å²) in [7, 11) is 0. The first kappa shape index (κ1) is 9.56. The Balaban J connectivity index is 3.88. The highest BCUT2D eigenvalue weighted by atomic mass is 15.0. The van der Waals surface area contributed by atoms with Gasteiger partial charge in [0.2, 0.25) is 0 Å². The Bertz CT molecular complexity index is 190. The summed E-state index contributed by atoms with van der Waals surface area (Å²) in [6, 6.07) is 0. The van der Waals surface area contributed by atoms with E-state index < -0.39 is 0 Å². The molecular formula is C9H14N2. The molecule has 0 aliphatic carbocycles. The maximum absolute atomic E-state index is 5.30. The first-order valence-electron chi connectivity index (χ1n) is 3.33. The Kier molecular flexibility index (Phi) is 4.65. The van der Waals surface area contributed by atoms with Crippen molar-refractivity contribution < 1.29 is 0 Å². The highest BCUT2D eigenvalue weighted by Gasteiger charge is 1.88. The number of rotatable bonds is 5. The van der Waals surface area contributed by atoms with E-state index in [1.54, 1.807) is 12.2 Å². The van der Waals surface area contributed by atoms with Crippen LogP contribution in [0, 0.1) is 0 Å². The lowest BCUT2D eigenvalue weighted by Crippen LogP contribution is -2.20. The van der Waals surface area contributed by atoms with Gasteiger partial charge in [0, 0.05) is 6.54 Å². The van der Waals surface area contributed by atoms with Crippen LogP contribution < -0.4 is 11.1 Å². The molecule has 0 aliphatic heterocycles. The molecule has 0 unspecified atom stereocenters. The van der Waals surface area contributed by atoms with E-state index in [4.69, 9.17) is 5.73 Å². The van der Waals surface area contributed by atoms with Gasteiger partial charge < -0.3 is 11.1 Å². The molecule has 0 bridgehead atoms. The zero-order chi connectivity index (χ0) is 8.69. The minimum absolute atomic E-state index is 0.460. The van der Waals surface area contributed by atoms with E-state index in [9.17, 15) is 0 Å². The predicted molar refractivity (Wildman–Crippen MR) is 49.8 cm³/mol. The summed E-state index contributed by atoms with van der Waals surface area (Å²) in [6.45, 7) is 11.3. The van der Waals surface area contributed by atoms with Gasteiger partial charge in [-0.1, -0.05) is 38.0 Å². The maximum atomic E-state index is 5.30. The van der Waals surface area contributed by atoms with Gasteiger partial charge in [0.15, 0.2) is 0 Å². The van der Waals surface area contributed by atoms with Crippen molar-refractivity contribution in [2.24, 2.45) is 5.73 Å². The van der Waals surface area contributed by atoms with Crippen LogP contribution in [0.4, 0.5) is 0 Å². The highest BCUT2D eigenvalue weighted by molar-refractivity contribution is 5.23. The van der Waals surface area contributed by atoms with Crippen LogP contribution in [-0.4, -0.2) is 6.54 Å². The van der Waals surface area contributed by atoms with Crippen molar-refractivity contribution in [2.75, 3.05) is 6.54 Å².